The first kappa shape index (κ1) is 16.5. The second kappa shape index (κ2) is 6.30. The maximum atomic E-state index is 12.4. The van der Waals surface area contributed by atoms with Crippen LogP contribution >= 0.6 is 0 Å². The Bertz CT molecular complexity index is 631. The van der Waals surface area contributed by atoms with Gasteiger partial charge in [-0.25, -0.2) is 4.79 Å². The third-order valence-corrected chi connectivity index (χ3v) is 5.40. The summed E-state index contributed by atoms with van der Waals surface area (Å²) in [5.41, 5.74) is 0.469. The van der Waals surface area contributed by atoms with Crippen molar-refractivity contribution in [3.8, 4) is 0 Å². The molecule has 1 atom stereocenters. The van der Waals surface area contributed by atoms with Gasteiger partial charge in [0, 0.05) is 26.1 Å². The first-order valence-electron chi connectivity index (χ1n) is 8.26. The number of hydrogen-bond donors (Lipinski definition) is 1. The van der Waals surface area contributed by atoms with Crippen LogP contribution in [0.1, 0.15) is 43.0 Å². The lowest BCUT2D eigenvalue weighted by molar-refractivity contribution is -0.154. The van der Waals surface area contributed by atoms with E-state index in [9.17, 15) is 19.5 Å². The molecule has 0 aliphatic carbocycles. The molecule has 2 aliphatic rings. The number of aliphatic carboxylic acids is 1. The average Bonchev–Trinajstić information content (AvgIpc) is 3.11. The molecule has 0 aromatic carbocycles. The molecule has 2 saturated heterocycles. The topological polar surface area (TPSA) is 91.1 Å². The van der Waals surface area contributed by atoms with Crippen molar-refractivity contribution in [1.82, 2.24) is 9.80 Å². The maximum Gasteiger partial charge on any atom is 0.326 e. The summed E-state index contributed by atoms with van der Waals surface area (Å²) in [5, 5.41) is 9.20. The van der Waals surface area contributed by atoms with E-state index in [1.54, 1.807) is 17.9 Å². The van der Waals surface area contributed by atoms with E-state index in [1.807, 2.05) is 0 Å². The second-order valence-corrected chi connectivity index (χ2v) is 6.84. The van der Waals surface area contributed by atoms with Crippen LogP contribution in [0.3, 0.4) is 0 Å². The summed E-state index contributed by atoms with van der Waals surface area (Å²) < 4.78 is 4.96. The average molecular weight is 334 g/mol. The molecule has 1 spiro atoms. The molecule has 7 heteroatoms. The zero-order valence-electron chi connectivity index (χ0n) is 13.7. The fourth-order valence-electron chi connectivity index (χ4n) is 3.69. The standard InChI is InChI=1S/C17H22N2O5/c1-12(16(22)23)19-11-17(4-2-14(19)20)5-7-18(8-6-17)15(21)13-3-9-24-10-13/h3,9-10,12H,2,4-8,11H2,1H3,(H,22,23). The van der Waals surface area contributed by atoms with Gasteiger partial charge in [-0.3, -0.25) is 9.59 Å². The van der Waals surface area contributed by atoms with E-state index in [0.717, 1.165) is 19.3 Å². The predicted octanol–water partition coefficient (Wildman–Crippen LogP) is 1.60. The van der Waals surface area contributed by atoms with E-state index < -0.39 is 12.0 Å². The summed E-state index contributed by atoms with van der Waals surface area (Å²) in [4.78, 5) is 39.0. The second-order valence-electron chi connectivity index (χ2n) is 6.84. The minimum atomic E-state index is -0.979. The fourth-order valence-corrected chi connectivity index (χ4v) is 3.69. The number of piperidine rings is 2. The van der Waals surface area contributed by atoms with Gasteiger partial charge in [-0.05, 0) is 37.7 Å². The van der Waals surface area contributed by atoms with E-state index in [0.29, 0.717) is 31.6 Å². The van der Waals surface area contributed by atoms with E-state index in [4.69, 9.17) is 4.42 Å². The van der Waals surface area contributed by atoms with Crippen molar-refractivity contribution in [3.63, 3.8) is 0 Å². The molecular formula is C17H22N2O5. The molecule has 1 unspecified atom stereocenters. The monoisotopic (exact) mass is 334 g/mol. The van der Waals surface area contributed by atoms with Gasteiger partial charge in [0.1, 0.15) is 12.3 Å². The summed E-state index contributed by atoms with van der Waals surface area (Å²) in [7, 11) is 0. The summed E-state index contributed by atoms with van der Waals surface area (Å²) in [6.07, 6.45) is 5.65. The van der Waals surface area contributed by atoms with Crippen LogP contribution in [-0.2, 0) is 9.59 Å². The van der Waals surface area contributed by atoms with Crippen molar-refractivity contribution in [2.45, 2.75) is 38.6 Å². The van der Waals surface area contributed by atoms with Crippen LogP contribution in [0.5, 0.6) is 0 Å². The number of carboxylic acid groups (broad SMARTS) is 1. The van der Waals surface area contributed by atoms with Crippen molar-refractivity contribution >= 4 is 17.8 Å². The van der Waals surface area contributed by atoms with Crippen LogP contribution in [0, 0.1) is 5.41 Å². The minimum absolute atomic E-state index is 0.0405. The van der Waals surface area contributed by atoms with E-state index in [2.05, 4.69) is 0 Å². The third kappa shape index (κ3) is 3.02. The smallest absolute Gasteiger partial charge is 0.326 e. The minimum Gasteiger partial charge on any atom is -0.480 e. The molecule has 2 fully saturated rings. The van der Waals surface area contributed by atoms with Crippen molar-refractivity contribution in [2.75, 3.05) is 19.6 Å². The molecule has 0 bridgehead atoms. The van der Waals surface area contributed by atoms with Crippen molar-refractivity contribution in [2.24, 2.45) is 5.41 Å². The van der Waals surface area contributed by atoms with Crippen LogP contribution in [0.15, 0.2) is 23.0 Å². The van der Waals surface area contributed by atoms with Crippen LogP contribution in [-0.4, -0.2) is 58.4 Å². The molecular weight excluding hydrogens is 312 g/mol. The number of rotatable bonds is 3. The van der Waals surface area contributed by atoms with Crippen LogP contribution in [0.4, 0.5) is 0 Å². The van der Waals surface area contributed by atoms with Crippen molar-refractivity contribution in [1.29, 1.82) is 0 Å². The Morgan fingerprint density at radius 2 is 2.00 bits per heavy atom. The Kier molecular flexibility index (Phi) is 4.34. The highest BCUT2D eigenvalue weighted by atomic mass is 16.4. The zero-order valence-corrected chi connectivity index (χ0v) is 13.7. The maximum absolute atomic E-state index is 12.4. The largest absolute Gasteiger partial charge is 0.480 e. The Morgan fingerprint density at radius 1 is 1.29 bits per heavy atom. The highest BCUT2D eigenvalue weighted by Gasteiger charge is 2.44. The highest BCUT2D eigenvalue weighted by Crippen LogP contribution is 2.41. The lowest BCUT2D eigenvalue weighted by Crippen LogP contribution is -2.55. The SMILES string of the molecule is CC(C(=O)O)N1CC2(CCC1=O)CCN(C(=O)c1ccoc1)CC2. The number of amides is 2. The lowest BCUT2D eigenvalue weighted by atomic mass is 9.72. The molecule has 2 amide bonds. The first-order chi connectivity index (χ1) is 11.4. The normalized spacial score (nSPS) is 21.8. The fraction of sp³-hybridized carbons (Fsp3) is 0.588. The molecule has 3 heterocycles. The van der Waals surface area contributed by atoms with Crippen molar-refractivity contribution < 1.29 is 23.9 Å². The molecule has 0 radical (unpaired) electrons. The Labute approximate surface area is 140 Å². The van der Waals surface area contributed by atoms with Crippen molar-refractivity contribution in [3.05, 3.63) is 24.2 Å². The Balaban J connectivity index is 1.65. The van der Waals surface area contributed by atoms with Crippen LogP contribution in [0.25, 0.3) is 0 Å². The summed E-state index contributed by atoms with van der Waals surface area (Å²) >= 11 is 0. The quantitative estimate of drug-likeness (QED) is 0.906. The number of hydrogen-bond acceptors (Lipinski definition) is 4. The number of carbonyl (C=O) groups excluding carboxylic acids is 2. The molecule has 7 nitrogen and oxygen atoms in total. The predicted molar refractivity (Wildman–Crippen MR) is 84.3 cm³/mol. The zero-order chi connectivity index (χ0) is 17.3. The number of furan rings is 1. The van der Waals surface area contributed by atoms with Gasteiger partial charge in [0.15, 0.2) is 0 Å². The Morgan fingerprint density at radius 3 is 2.58 bits per heavy atom. The third-order valence-electron chi connectivity index (χ3n) is 5.40. The van der Waals surface area contributed by atoms with Gasteiger partial charge in [-0.15, -0.1) is 0 Å². The van der Waals surface area contributed by atoms with Gasteiger partial charge >= 0.3 is 5.97 Å². The molecule has 0 saturated carbocycles. The van der Waals surface area contributed by atoms with Crippen LogP contribution in [0.2, 0.25) is 0 Å². The van der Waals surface area contributed by atoms with Gasteiger partial charge in [0.2, 0.25) is 5.91 Å². The van der Waals surface area contributed by atoms with Gasteiger partial charge in [0.25, 0.3) is 5.91 Å². The van der Waals surface area contributed by atoms with Gasteiger partial charge in [0.05, 0.1) is 11.8 Å². The van der Waals surface area contributed by atoms with E-state index in [1.165, 1.54) is 17.4 Å². The van der Waals surface area contributed by atoms with E-state index >= 15 is 0 Å². The molecule has 1 aromatic heterocycles. The molecule has 3 rings (SSSR count). The first-order valence-corrected chi connectivity index (χ1v) is 8.26. The van der Waals surface area contributed by atoms with Gasteiger partial charge < -0.3 is 19.3 Å². The van der Waals surface area contributed by atoms with Crippen LogP contribution < -0.4 is 0 Å². The number of likely N-dealkylation sites (tertiary alicyclic amines) is 2. The molecule has 2 aliphatic heterocycles. The summed E-state index contributed by atoms with van der Waals surface area (Å²) in [6.45, 7) is 3.25. The molecule has 24 heavy (non-hydrogen) atoms. The molecule has 1 N–H and O–H groups in total. The summed E-state index contributed by atoms with van der Waals surface area (Å²) in [6, 6.07) is 0.850. The number of carbonyl (C=O) groups is 3. The Hall–Kier alpha value is -2.31. The molecule has 1 aromatic rings. The summed E-state index contributed by atoms with van der Waals surface area (Å²) in [5.74, 6) is -1.11. The number of carboxylic acids is 1. The lowest BCUT2D eigenvalue weighted by Gasteiger charge is -2.48. The molecule has 130 valence electrons. The van der Waals surface area contributed by atoms with Gasteiger partial charge in [-0.2, -0.15) is 0 Å². The highest BCUT2D eigenvalue weighted by molar-refractivity contribution is 5.93. The van der Waals surface area contributed by atoms with Gasteiger partial charge in [-0.1, -0.05) is 0 Å². The number of nitrogens with zero attached hydrogens (tertiary/aromatic N) is 2. The van der Waals surface area contributed by atoms with E-state index in [-0.39, 0.29) is 17.2 Å².